The monoisotopic (exact) mass is 643 g/mol. The van der Waals surface area contributed by atoms with Gasteiger partial charge >= 0.3 is 0 Å². The average Bonchev–Trinajstić information content (AvgIpc) is 3.43. The van der Waals surface area contributed by atoms with Crippen molar-refractivity contribution in [2.75, 3.05) is 57.8 Å². The van der Waals surface area contributed by atoms with Gasteiger partial charge < -0.3 is 24.2 Å². The molecular weight excluding hydrogens is 597 g/mol. The highest BCUT2D eigenvalue weighted by Gasteiger charge is 2.54. The number of ether oxygens (including phenoxy) is 2. The minimum Gasteiger partial charge on any atom is -0.490 e. The zero-order chi connectivity index (χ0) is 32.7. The first-order chi connectivity index (χ1) is 22.7. The summed E-state index contributed by atoms with van der Waals surface area (Å²) in [5.41, 5.74) is 2.80. The van der Waals surface area contributed by atoms with E-state index in [9.17, 15) is 9.18 Å². The van der Waals surface area contributed by atoms with Gasteiger partial charge in [-0.2, -0.15) is 0 Å². The van der Waals surface area contributed by atoms with E-state index in [1.807, 2.05) is 33.0 Å². The first-order valence-corrected chi connectivity index (χ1v) is 17.1. The summed E-state index contributed by atoms with van der Waals surface area (Å²) in [4.78, 5) is 35.7. The van der Waals surface area contributed by atoms with Gasteiger partial charge in [0.25, 0.3) is 5.91 Å². The molecule has 3 aliphatic heterocycles. The van der Waals surface area contributed by atoms with Gasteiger partial charge in [0.2, 0.25) is 0 Å². The van der Waals surface area contributed by atoms with Gasteiger partial charge in [0.15, 0.2) is 11.6 Å². The van der Waals surface area contributed by atoms with Crippen LogP contribution in [0.1, 0.15) is 61.6 Å². The highest BCUT2D eigenvalue weighted by atomic mass is 19.1. The summed E-state index contributed by atoms with van der Waals surface area (Å²) in [5, 5.41) is 0. The number of anilines is 1. The van der Waals surface area contributed by atoms with Gasteiger partial charge in [-0.1, -0.05) is 0 Å². The van der Waals surface area contributed by atoms with Crippen LogP contribution >= 0.6 is 0 Å². The molecule has 5 heterocycles. The molecule has 1 aromatic carbocycles. The standard InChI is InChI=1S/C36H46FN7O3/c1-5-44(24(2)3)35(45)28-14-26(37)6-7-31(28)47-33-17-38-23-40-34(33)43-21-36(22-43)15-27(16-36)46-32-8-11-39-30-10-13-42(20-29(30)32)19-25-9-12-41(4)18-25/h6-8,11,14,17,23-25,27H,5,9-10,12-13,15-16,18-22H2,1-4H3/t25-/m1/s1. The van der Waals surface area contributed by atoms with Gasteiger partial charge in [-0.25, -0.2) is 14.4 Å². The van der Waals surface area contributed by atoms with Crippen LogP contribution in [0.5, 0.6) is 17.2 Å². The van der Waals surface area contributed by atoms with E-state index in [2.05, 4.69) is 31.7 Å². The summed E-state index contributed by atoms with van der Waals surface area (Å²) >= 11 is 0. The fourth-order valence-corrected chi connectivity index (χ4v) is 8.01. The predicted molar refractivity (Wildman–Crippen MR) is 177 cm³/mol. The lowest BCUT2D eigenvalue weighted by Crippen LogP contribution is -2.65. The van der Waals surface area contributed by atoms with Crippen LogP contribution in [0.2, 0.25) is 0 Å². The van der Waals surface area contributed by atoms with Gasteiger partial charge in [0, 0.05) is 81.1 Å². The molecule has 10 nitrogen and oxygen atoms in total. The minimum absolute atomic E-state index is 0.0328. The normalized spacial score (nSPS) is 21.0. The maximum absolute atomic E-state index is 14.3. The fraction of sp³-hybridized carbons (Fsp3) is 0.556. The maximum Gasteiger partial charge on any atom is 0.257 e. The topological polar surface area (TPSA) is 87.2 Å². The molecule has 1 spiro atoms. The summed E-state index contributed by atoms with van der Waals surface area (Å²) in [5.74, 6) is 2.38. The Bertz CT molecular complexity index is 1610. The Labute approximate surface area is 276 Å². The second-order valence-electron chi connectivity index (χ2n) is 14.3. The van der Waals surface area contributed by atoms with Crippen LogP contribution in [0.25, 0.3) is 0 Å². The Balaban J connectivity index is 0.978. The number of benzene rings is 1. The summed E-state index contributed by atoms with van der Waals surface area (Å²) in [6.07, 6.45) is 9.42. The Kier molecular flexibility index (Phi) is 8.78. The minimum atomic E-state index is -0.488. The number of aromatic nitrogens is 3. The average molecular weight is 644 g/mol. The molecule has 3 fully saturated rings. The zero-order valence-corrected chi connectivity index (χ0v) is 28.0. The number of hydrogen-bond acceptors (Lipinski definition) is 9. The number of carbonyl (C=O) groups excluding carboxylic acids is 1. The van der Waals surface area contributed by atoms with E-state index < -0.39 is 5.82 Å². The van der Waals surface area contributed by atoms with Gasteiger partial charge in [-0.15, -0.1) is 0 Å². The first kappa shape index (κ1) is 31.8. The number of fused-ring (bicyclic) bond motifs is 1. The number of rotatable bonds is 10. The van der Waals surface area contributed by atoms with Gasteiger partial charge in [0.1, 0.15) is 29.7 Å². The van der Waals surface area contributed by atoms with Crippen LogP contribution in [0.15, 0.2) is 43.0 Å². The van der Waals surface area contributed by atoms with Crippen molar-refractivity contribution >= 4 is 11.7 Å². The van der Waals surface area contributed by atoms with Crippen LogP contribution in [-0.4, -0.2) is 101 Å². The molecule has 7 rings (SSSR count). The van der Waals surface area contributed by atoms with Crippen molar-refractivity contribution in [3.8, 4) is 17.2 Å². The van der Waals surface area contributed by atoms with Crippen LogP contribution in [0.3, 0.4) is 0 Å². The molecule has 1 atom stereocenters. The lowest BCUT2D eigenvalue weighted by atomic mass is 9.61. The van der Waals surface area contributed by atoms with E-state index in [-0.39, 0.29) is 34.8 Å². The molecule has 1 aliphatic carbocycles. The Hall–Kier alpha value is -3.83. The second-order valence-corrected chi connectivity index (χ2v) is 14.3. The SMILES string of the molecule is CCN(C(=O)c1cc(F)ccc1Oc1cncnc1N1CC2(CC(Oc3ccnc4c3CN(C[C@@H]3CCN(C)C3)CC4)C2)C1)C(C)C. The summed E-state index contributed by atoms with van der Waals surface area (Å²) in [7, 11) is 2.22. The molecule has 1 amide bonds. The van der Waals surface area contributed by atoms with Crippen LogP contribution in [0.4, 0.5) is 10.2 Å². The van der Waals surface area contributed by atoms with Crippen molar-refractivity contribution in [3.63, 3.8) is 0 Å². The number of nitrogens with zero attached hydrogens (tertiary/aromatic N) is 7. The van der Waals surface area contributed by atoms with Crippen molar-refractivity contribution in [1.29, 1.82) is 0 Å². The Morgan fingerprint density at radius 2 is 1.96 bits per heavy atom. The van der Waals surface area contributed by atoms with Crippen molar-refractivity contribution in [1.82, 2.24) is 29.7 Å². The molecule has 250 valence electrons. The van der Waals surface area contributed by atoms with Crippen LogP contribution in [-0.2, 0) is 13.0 Å². The molecule has 0 N–H and O–H groups in total. The lowest BCUT2D eigenvalue weighted by molar-refractivity contribution is -0.0353. The molecule has 2 saturated heterocycles. The van der Waals surface area contributed by atoms with Gasteiger partial charge in [-0.05, 0) is 83.8 Å². The highest BCUT2D eigenvalue weighted by Crippen LogP contribution is 2.52. The molecule has 11 heteroatoms. The lowest BCUT2D eigenvalue weighted by Gasteiger charge is -2.59. The van der Waals surface area contributed by atoms with E-state index in [4.69, 9.17) is 14.5 Å². The van der Waals surface area contributed by atoms with E-state index in [1.165, 1.54) is 55.3 Å². The van der Waals surface area contributed by atoms with E-state index in [0.29, 0.717) is 18.1 Å². The summed E-state index contributed by atoms with van der Waals surface area (Å²) in [6, 6.07) is 6.06. The number of hydrogen-bond donors (Lipinski definition) is 0. The first-order valence-electron chi connectivity index (χ1n) is 17.1. The molecule has 0 radical (unpaired) electrons. The van der Waals surface area contributed by atoms with E-state index in [0.717, 1.165) is 63.7 Å². The third-order valence-corrected chi connectivity index (χ3v) is 10.4. The smallest absolute Gasteiger partial charge is 0.257 e. The number of pyridine rings is 1. The van der Waals surface area contributed by atoms with E-state index in [1.54, 1.807) is 11.1 Å². The van der Waals surface area contributed by atoms with Crippen molar-refractivity contribution < 1.29 is 18.7 Å². The number of carbonyl (C=O) groups is 1. The number of amides is 1. The predicted octanol–water partition coefficient (Wildman–Crippen LogP) is 5.03. The van der Waals surface area contributed by atoms with Gasteiger partial charge in [0.05, 0.1) is 11.8 Å². The van der Waals surface area contributed by atoms with Crippen molar-refractivity contribution in [3.05, 3.63) is 65.6 Å². The van der Waals surface area contributed by atoms with Gasteiger partial charge in [-0.3, -0.25) is 14.7 Å². The summed E-state index contributed by atoms with van der Waals surface area (Å²) < 4.78 is 27.2. The largest absolute Gasteiger partial charge is 0.490 e. The quantitative estimate of drug-likeness (QED) is 0.302. The molecule has 4 aliphatic rings. The molecule has 3 aromatic rings. The molecule has 47 heavy (non-hydrogen) atoms. The van der Waals surface area contributed by atoms with Crippen LogP contribution < -0.4 is 14.4 Å². The van der Waals surface area contributed by atoms with Crippen molar-refractivity contribution in [2.24, 2.45) is 11.3 Å². The highest BCUT2D eigenvalue weighted by molar-refractivity contribution is 5.97. The maximum atomic E-state index is 14.3. The molecule has 0 bridgehead atoms. The number of halogens is 1. The molecule has 0 unspecified atom stereocenters. The fourth-order valence-electron chi connectivity index (χ4n) is 8.01. The Morgan fingerprint density at radius 3 is 2.70 bits per heavy atom. The Morgan fingerprint density at radius 1 is 1.13 bits per heavy atom. The zero-order valence-electron chi connectivity index (χ0n) is 28.0. The molecule has 2 aromatic heterocycles. The summed E-state index contributed by atoms with van der Waals surface area (Å²) in [6.45, 7) is 13.5. The molecule has 1 saturated carbocycles. The van der Waals surface area contributed by atoms with E-state index >= 15 is 0 Å². The molecular formula is C36H46FN7O3. The van der Waals surface area contributed by atoms with Crippen LogP contribution in [0, 0.1) is 17.2 Å². The third-order valence-electron chi connectivity index (χ3n) is 10.4. The number of likely N-dealkylation sites (tertiary alicyclic amines) is 1. The second kappa shape index (κ2) is 13.0. The van der Waals surface area contributed by atoms with Crippen molar-refractivity contribution in [2.45, 2.75) is 65.1 Å². The third kappa shape index (κ3) is 6.52.